The molecule has 0 aliphatic heterocycles. The van der Waals surface area contributed by atoms with E-state index >= 15 is 0 Å². The van der Waals surface area contributed by atoms with E-state index in [1.165, 1.54) is 0 Å². The fourth-order valence-electron chi connectivity index (χ4n) is 2.72. The molecule has 2 heteroatoms. The van der Waals surface area contributed by atoms with Gasteiger partial charge in [0.25, 0.3) is 0 Å². The number of nitrogens with zero attached hydrogens (tertiary/aromatic N) is 1. The largest absolute Gasteiger partial charge is 0.337 e. The number of hydrogen-bond acceptors (Lipinski definition) is 1. The summed E-state index contributed by atoms with van der Waals surface area (Å²) in [6, 6.07) is 30.9. The van der Waals surface area contributed by atoms with Gasteiger partial charge >= 0.3 is 0 Å². The fraction of sp³-hybridized carbons (Fsp3) is 0.160. The Balaban J connectivity index is 0.000000614. The molecule has 0 aliphatic carbocycles. The molecule has 138 valence electrons. The molecule has 1 heterocycles. The fourth-order valence-corrected chi connectivity index (χ4v) is 2.72. The SMILES string of the molecule is CC.CC.c1ccc(-c2nc(-c3ccccc3)c(-c3ccccc3)[nH]2)cc1. The van der Waals surface area contributed by atoms with Crippen LogP contribution in [0.1, 0.15) is 27.7 Å². The van der Waals surface area contributed by atoms with Gasteiger partial charge in [-0.15, -0.1) is 0 Å². The van der Waals surface area contributed by atoms with Crippen molar-refractivity contribution in [2.24, 2.45) is 0 Å². The van der Waals surface area contributed by atoms with Gasteiger partial charge in [-0.3, -0.25) is 0 Å². The summed E-state index contributed by atoms with van der Waals surface area (Å²) in [6.07, 6.45) is 0. The molecule has 4 aromatic rings. The highest BCUT2D eigenvalue weighted by atomic mass is 14.9. The molecule has 0 aliphatic rings. The van der Waals surface area contributed by atoms with Gasteiger partial charge in [0.2, 0.25) is 0 Å². The van der Waals surface area contributed by atoms with Crippen LogP contribution in [0.4, 0.5) is 0 Å². The molecule has 4 rings (SSSR count). The maximum atomic E-state index is 4.87. The van der Waals surface area contributed by atoms with E-state index in [1.807, 2.05) is 82.3 Å². The first-order chi connectivity index (χ1) is 13.4. The number of rotatable bonds is 3. The van der Waals surface area contributed by atoms with Crippen molar-refractivity contribution in [3.63, 3.8) is 0 Å². The highest BCUT2D eigenvalue weighted by molar-refractivity contribution is 5.81. The molecule has 0 spiro atoms. The minimum Gasteiger partial charge on any atom is -0.337 e. The molecule has 0 amide bonds. The van der Waals surface area contributed by atoms with Gasteiger partial charge in [-0.25, -0.2) is 4.98 Å². The first kappa shape index (κ1) is 20.2. The van der Waals surface area contributed by atoms with Crippen molar-refractivity contribution in [3.05, 3.63) is 91.0 Å². The van der Waals surface area contributed by atoms with Crippen LogP contribution in [0.25, 0.3) is 33.9 Å². The maximum absolute atomic E-state index is 4.87. The lowest BCUT2D eigenvalue weighted by Gasteiger charge is -2.02. The van der Waals surface area contributed by atoms with Crippen molar-refractivity contribution in [2.75, 3.05) is 0 Å². The number of aromatic nitrogens is 2. The van der Waals surface area contributed by atoms with E-state index in [-0.39, 0.29) is 0 Å². The van der Waals surface area contributed by atoms with Crippen molar-refractivity contribution in [1.82, 2.24) is 9.97 Å². The molecule has 0 saturated heterocycles. The van der Waals surface area contributed by atoms with Crippen LogP contribution < -0.4 is 0 Å². The van der Waals surface area contributed by atoms with Gasteiger partial charge in [0.05, 0.1) is 11.4 Å². The molecule has 0 saturated carbocycles. The molecule has 2 nitrogen and oxygen atoms in total. The molecule has 1 N–H and O–H groups in total. The minimum absolute atomic E-state index is 0.892. The smallest absolute Gasteiger partial charge is 0.138 e. The second-order valence-corrected chi connectivity index (χ2v) is 5.41. The van der Waals surface area contributed by atoms with Crippen LogP contribution in [0, 0.1) is 0 Å². The number of imidazole rings is 1. The third-order valence-corrected chi connectivity index (χ3v) is 3.86. The van der Waals surface area contributed by atoms with Crippen LogP contribution in [0.5, 0.6) is 0 Å². The second kappa shape index (κ2) is 10.8. The maximum Gasteiger partial charge on any atom is 0.138 e. The molecule has 0 unspecified atom stereocenters. The summed E-state index contributed by atoms with van der Waals surface area (Å²) < 4.78 is 0. The van der Waals surface area contributed by atoms with Gasteiger partial charge in [-0.1, -0.05) is 119 Å². The Bertz CT molecular complexity index is 838. The Kier molecular flexibility index (Phi) is 8.05. The number of benzene rings is 3. The second-order valence-electron chi connectivity index (χ2n) is 5.41. The van der Waals surface area contributed by atoms with E-state index in [2.05, 4.69) is 41.4 Å². The Morgan fingerprint density at radius 3 is 1.41 bits per heavy atom. The first-order valence-electron chi connectivity index (χ1n) is 9.68. The van der Waals surface area contributed by atoms with Crippen LogP contribution in [0.3, 0.4) is 0 Å². The van der Waals surface area contributed by atoms with Gasteiger partial charge in [0, 0.05) is 16.7 Å². The van der Waals surface area contributed by atoms with Gasteiger partial charge in [0.1, 0.15) is 5.82 Å². The molecule has 0 radical (unpaired) electrons. The monoisotopic (exact) mass is 356 g/mol. The molecule has 0 atom stereocenters. The lowest BCUT2D eigenvalue weighted by atomic mass is 10.1. The molecule has 0 fully saturated rings. The zero-order chi connectivity index (χ0) is 19.5. The van der Waals surface area contributed by atoms with Crippen LogP contribution in [0.15, 0.2) is 91.0 Å². The number of aromatic amines is 1. The zero-order valence-electron chi connectivity index (χ0n) is 16.6. The van der Waals surface area contributed by atoms with Crippen molar-refractivity contribution >= 4 is 0 Å². The quantitative estimate of drug-likeness (QED) is 0.405. The summed E-state index contributed by atoms with van der Waals surface area (Å²) in [5.41, 5.74) is 5.38. The summed E-state index contributed by atoms with van der Waals surface area (Å²) in [4.78, 5) is 8.37. The summed E-state index contributed by atoms with van der Waals surface area (Å²) in [5.74, 6) is 0.892. The standard InChI is InChI=1S/C21H16N2.2C2H6/c1-4-10-16(11-5-1)19-20(17-12-6-2-7-13-17)23-21(22-19)18-14-8-3-9-15-18;2*1-2/h1-15H,(H,22,23);2*1-2H3. The Morgan fingerprint density at radius 1 is 0.519 bits per heavy atom. The molecule has 27 heavy (non-hydrogen) atoms. The van der Waals surface area contributed by atoms with Gasteiger partial charge in [-0.05, 0) is 0 Å². The Morgan fingerprint density at radius 2 is 0.926 bits per heavy atom. The van der Waals surface area contributed by atoms with E-state index < -0.39 is 0 Å². The lowest BCUT2D eigenvalue weighted by Crippen LogP contribution is -1.82. The minimum atomic E-state index is 0.892. The molecule has 0 bridgehead atoms. The lowest BCUT2D eigenvalue weighted by molar-refractivity contribution is 1.31. The summed E-state index contributed by atoms with van der Waals surface area (Å²) in [6.45, 7) is 8.00. The Labute approximate surface area is 163 Å². The van der Waals surface area contributed by atoms with Gasteiger partial charge < -0.3 is 4.98 Å². The van der Waals surface area contributed by atoms with E-state index in [0.29, 0.717) is 0 Å². The summed E-state index contributed by atoms with van der Waals surface area (Å²) in [7, 11) is 0. The zero-order valence-corrected chi connectivity index (χ0v) is 16.6. The topological polar surface area (TPSA) is 28.7 Å². The highest BCUT2D eigenvalue weighted by Crippen LogP contribution is 2.32. The summed E-state index contributed by atoms with van der Waals surface area (Å²) >= 11 is 0. The number of H-pyrrole nitrogens is 1. The molecule has 3 aromatic carbocycles. The van der Waals surface area contributed by atoms with Crippen LogP contribution in [-0.4, -0.2) is 9.97 Å². The third-order valence-electron chi connectivity index (χ3n) is 3.86. The van der Waals surface area contributed by atoms with Crippen LogP contribution >= 0.6 is 0 Å². The van der Waals surface area contributed by atoms with E-state index in [1.54, 1.807) is 0 Å². The molecular weight excluding hydrogens is 328 g/mol. The van der Waals surface area contributed by atoms with Crippen molar-refractivity contribution in [3.8, 4) is 33.9 Å². The number of hydrogen-bond donors (Lipinski definition) is 1. The Hall–Kier alpha value is -3.13. The summed E-state index contributed by atoms with van der Waals surface area (Å²) in [5, 5.41) is 0. The van der Waals surface area contributed by atoms with Crippen molar-refractivity contribution in [2.45, 2.75) is 27.7 Å². The normalized spacial score (nSPS) is 9.48. The van der Waals surface area contributed by atoms with E-state index in [9.17, 15) is 0 Å². The first-order valence-corrected chi connectivity index (χ1v) is 9.68. The van der Waals surface area contributed by atoms with Crippen LogP contribution in [-0.2, 0) is 0 Å². The molecular formula is C25H28N2. The predicted octanol–water partition coefficient (Wildman–Crippen LogP) is 7.46. The van der Waals surface area contributed by atoms with Crippen LogP contribution in [0.2, 0.25) is 0 Å². The van der Waals surface area contributed by atoms with E-state index in [4.69, 9.17) is 4.98 Å². The van der Waals surface area contributed by atoms with Gasteiger partial charge in [-0.2, -0.15) is 0 Å². The van der Waals surface area contributed by atoms with Crippen molar-refractivity contribution < 1.29 is 0 Å². The number of nitrogens with one attached hydrogen (secondary N) is 1. The average Bonchev–Trinajstić information content (AvgIpc) is 3.24. The third kappa shape index (κ3) is 4.95. The highest BCUT2D eigenvalue weighted by Gasteiger charge is 2.14. The van der Waals surface area contributed by atoms with Crippen molar-refractivity contribution in [1.29, 1.82) is 0 Å². The van der Waals surface area contributed by atoms with Gasteiger partial charge in [0.15, 0.2) is 0 Å². The average molecular weight is 357 g/mol. The predicted molar refractivity (Wildman–Crippen MR) is 118 cm³/mol. The van der Waals surface area contributed by atoms with E-state index in [0.717, 1.165) is 33.9 Å². The molecule has 1 aromatic heterocycles.